The summed E-state index contributed by atoms with van der Waals surface area (Å²) in [6.07, 6.45) is 0. The van der Waals surface area contributed by atoms with Crippen LogP contribution >= 0.6 is 0 Å². The molecule has 27 heavy (non-hydrogen) atoms. The fourth-order valence-electron chi connectivity index (χ4n) is 2.51. The van der Waals surface area contributed by atoms with Crippen LogP contribution in [0.4, 0.5) is 5.69 Å². The fourth-order valence-corrected chi connectivity index (χ4v) is 2.51. The lowest BCUT2D eigenvalue weighted by molar-refractivity contribution is -0.134. The van der Waals surface area contributed by atoms with Crippen molar-refractivity contribution in [1.29, 1.82) is 0 Å². The molecular formula is C21H25N3O3. The van der Waals surface area contributed by atoms with Gasteiger partial charge in [0.1, 0.15) is 0 Å². The highest BCUT2D eigenvalue weighted by atomic mass is 16.2. The minimum absolute atomic E-state index is 0.270. The van der Waals surface area contributed by atoms with Gasteiger partial charge in [-0.05, 0) is 29.2 Å². The number of carbonyl (C=O) groups excluding carboxylic acids is 3. The van der Waals surface area contributed by atoms with Gasteiger partial charge < -0.3 is 16.0 Å². The van der Waals surface area contributed by atoms with E-state index in [1.54, 1.807) is 12.1 Å². The summed E-state index contributed by atoms with van der Waals surface area (Å²) >= 11 is 0. The molecule has 0 radical (unpaired) electrons. The largest absolute Gasteiger partial charge is 0.350 e. The topological polar surface area (TPSA) is 87.3 Å². The maximum absolute atomic E-state index is 12.5. The first-order valence-electron chi connectivity index (χ1n) is 8.86. The van der Waals surface area contributed by atoms with Crippen molar-refractivity contribution in [1.82, 2.24) is 10.6 Å². The third-order valence-electron chi connectivity index (χ3n) is 4.03. The Morgan fingerprint density at radius 3 is 2.07 bits per heavy atom. The summed E-state index contributed by atoms with van der Waals surface area (Å²) in [6, 6.07) is 15.4. The van der Waals surface area contributed by atoms with Crippen molar-refractivity contribution < 1.29 is 14.4 Å². The molecule has 0 heterocycles. The van der Waals surface area contributed by atoms with Gasteiger partial charge in [-0.3, -0.25) is 14.4 Å². The Morgan fingerprint density at radius 1 is 0.889 bits per heavy atom. The molecule has 6 nitrogen and oxygen atoms in total. The monoisotopic (exact) mass is 367 g/mol. The van der Waals surface area contributed by atoms with E-state index < -0.39 is 23.8 Å². The second kappa shape index (κ2) is 9.52. The molecule has 2 aromatic carbocycles. The molecule has 0 saturated heterocycles. The second-order valence-corrected chi connectivity index (χ2v) is 6.60. The first kappa shape index (κ1) is 20.2. The van der Waals surface area contributed by atoms with Gasteiger partial charge in [-0.15, -0.1) is 0 Å². The van der Waals surface area contributed by atoms with E-state index in [4.69, 9.17) is 0 Å². The van der Waals surface area contributed by atoms with E-state index >= 15 is 0 Å². The molecule has 2 rings (SSSR count). The van der Waals surface area contributed by atoms with Crippen LogP contribution in [-0.2, 0) is 20.9 Å². The zero-order valence-electron chi connectivity index (χ0n) is 15.8. The normalized spacial score (nSPS) is 11.6. The number of nitrogens with one attached hydrogen (secondary N) is 3. The smallest absolute Gasteiger partial charge is 0.256 e. The number of hydrogen-bond acceptors (Lipinski definition) is 3. The lowest BCUT2D eigenvalue weighted by atomic mass is 10.0. The Bertz CT molecular complexity index is 786. The number of carbonyl (C=O) groups is 3. The molecule has 0 fully saturated rings. The van der Waals surface area contributed by atoms with Gasteiger partial charge in [0, 0.05) is 19.2 Å². The first-order chi connectivity index (χ1) is 12.9. The summed E-state index contributed by atoms with van der Waals surface area (Å²) in [6.45, 7) is 5.70. The summed E-state index contributed by atoms with van der Waals surface area (Å²) < 4.78 is 0. The van der Waals surface area contributed by atoms with Crippen LogP contribution in [0.25, 0.3) is 0 Å². The van der Waals surface area contributed by atoms with E-state index in [2.05, 4.69) is 29.8 Å². The molecule has 6 heteroatoms. The Balaban J connectivity index is 2.03. The van der Waals surface area contributed by atoms with Crippen molar-refractivity contribution in [3.8, 4) is 0 Å². The predicted octanol–water partition coefficient (Wildman–Crippen LogP) is 2.57. The number of hydrogen-bond donors (Lipinski definition) is 3. The van der Waals surface area contributed by atoms with Crippen LogP contribution < -0.4 is 16.0 Å². The van der Waals surface area contributed by atoms with Crippen molar-refractivity contribution in [2.45, 2.75) is 39.3 Å². The average molecular weight is 367 g/mol. The van der Waals surface area contributed by atoms with Crippen LogP contribution in [0.15, 0.2) is 54.6 Å². The molecular weight excluding hydrogens is 342 g/mol. The fraction of sp³-hybridized carbons (Fsp3) is 0.286. The Kier molecular flexibility index (Phi) is 7.11. The van der Waals surface area contributed by atoms with E-state index in [1.165, 1.54) is 6.92 Å². The Morgan fingerprint density at radius 2 is 1.52 bits per heavy atom. The molecule has 0 saturated carbocycles. The third-order valence-corrected chi connectivity index (χ3v) is 4.03. The van der Waals surface area contributed by atoms with Gasteiger partial charge in [0.25, 0.3) is 11.8 Å². The van der Waals surface area contributed by atoms with Crippen molar-refractivity contribution in [2.24, 2.45) is 0 Å². The Hall–Kier alpha value is -3.15. The molecule has 0 aliphatic rings. The quantitative estimate of drug-likeness (QED) is 0.657. The molecule has 0 aliphatic heterocycles. The third kappa shape index (κ3) is 6.26. The number of anilines is 1. The molecule has 1 unspecified atom stereocenters. The van der Waals surface area contributed by atoms with E-state index in [0.29, 0.717) is 11.6 Å². The van der Waals surface area contributed by atoms with E-state index in [1.807, 2.05) is 42.5 Å². The van der Waals surface area contributed by atoms with Crippen LogP contribution in [0.5, 0.6) is 0 Å². The van der Waals surface area contributed by atoms with Gasteiger partial charge in [-0.1, -0.05) is 56.3 Å². The number of rotatable bonds is 7. The maximum Gasteiger partial charge on any atom is 0.256 e. The summed E-state index contributed by atoms with van der Waals surface area (Å²) in [5.74, 6) is -1.23. The van der Waals surface area contributed by atoms with Crippen molar-refractivity contribution >= 4 is 23.4 Å². The minimum atomic E-state index is -1.31. The zero-order chi connectivity index (χ0) is 19.8. The highest BCUT2D eigenvalue weighted by molar-refractivity contribution is 6.11. The zero-order valence-corrected chi connectivity index (χ0v) is 15.8. The van der Waals surface area contributed by atoms with Crippen molar-refractivity contribution in [3.63, 3.8) is 0 Å². The maximum atomic E-state index is 12.5. The molecule has 0 aromatic heterocycles. The summed E-state index contributed by atoms with van der Waals surface area (Å²) in [7, 11) is 0. The summed E-state index contributed by atoms with van der Waals surface area (Å²) in [5, 5.41) is 7.76. The standard InChI is InChI=1S/C21H25N3O3/c1-14(2)17-9-11-18(12-10-17)24-21(27)19(23-15(3)25)20(26)22-13-16-7-5-4-6-8-16/h4-12,14,19H,13H2,1-3H3,(H,22,26)(H,23,25)(H,24,27). The van der Waals surface area contributed by atoms with Gasteiger partial charge in [-0.25, -0.2) is 0 Å². The lowest BCUT2D eigenvalue weighted by Crippen LogP contribution is -2.52. The van der Waals surface area contributed by atoms with Gasteiger partial charge >= 0.3 is 0 Å². The predicted molar refractivity (Wildman–Crippen MR) is 105 cm³/mol. The van der Waals surface area contributed by atoms with Crippen molar-refractivity contribution in [2.75, 3.05) is 5.32 Å². The van der Waals surface area contributed by atoms with Crippen LogP contribution in [0.3, 0.4) is 0 Å². The first-order valence-corrected chi connectivity index (χ1v) is 8.86. The highest BCUT2D eigenvalue weighted by Gasteiger charge is 2.27. The molecule has 0 spiro atoms. The van der Waals surface area contributed by atoms with Gasteiger partial charge in [0.15, 0.2) is 6.04 Å². The molecule has 3 amide bonds. The van der Waals surface area contributed by atoms with Crippen LogP contribution in [-0.4, -0.2) is 23.8 Å². The van der Waals surface area contributed by atoms with E-state index in [9.17, 15) is 14.4 Å². The summed E-state index contributed by atoms with van der Waals surface area (Å²) in [5.41, 5.74) is 2.61. The number of amides is 3. The molecule has 142 valence electrons. The molecule has 0 bridgehead atoms. The van der Waals surface area contributed by atoms with Gasteiger partial charge in [0.05, 0.1) is 0 Å². The average Bonchev–Trinajstić information content (AvgIpc) is 2.65. The minimum Gasteiger partial charge on any atom is -0.350 e. The van der Waals surface area contributed by atoms with Crippen LogP contribution in [0.2, 0.25) is 0 Å². The second-order valence-electron chi connectivity index (χ2n) is 6.60. The highest BCUT2D eigenvalue weighted by Crippen LogP contribution is 2.17. The van der Waals surface area contributed by atoms with Crippen molar-refractivity contribution in [3.05, 3.63) is 65.7 Å². The number of benzene rings is 2. The van der Waals surface area contributed by atoms with E-state index in [-0.39, 0.29) is 6.54 Å². The van der Waals surface area contributed by atoms with Crippen LogP contribution in [0, 0.1) is 0 Å². The van der Waals surface area contributed by atoms with Crippen LogP contribution in [0.1, 0.15) is 37.8 Å². The Labute approximate surface area is 159 Å². The summed E-state index contributed by atoms with van der Waals surface area (Å²) in [4.78, 5) is 36.4. The van der Waals surface area contributed by atoms with Gasteiger partial charge in [-0.2, -0.15) is 0 Å². The molecule has 2 aromatic rings. The van der Waals surface area contributed by atoms with Gasteiger partial charge in [0.2, 0.25) is 5.91 Å². The lowest BCUT2D eigenvalue weighted by Gasteiger charge is -2.18. The SMILES string of the molecule is CC(=O)NC(C(=O)NCc1ccccc1)C(=O)Nc1ccc(C(C)C)cc1. The molecule has 3 N–H and O–H groups in total. The molecule has 1 atom stereocenters. The van der Waals surface area contributed by atoms with E-state index in [0.717, 1.165) is 11.1 Å². The molecule has 0 aliphatic carbocycles.